The highest BCUT2D eigenvalue weighted by Gasteiger charge is 2.15. The van der Waals surface area contributed by atoms with Gasteiger partial charge in [-0.15, -0.1) is 0 Å². The first-order valence-corrected chi connectivity index (χ1v) is 3.18. The number of rotatable bonds is 1. The smallest absolute Gasteiger partial charge is 0.195 e. The van der Waals surface area contributed by atoms with E-state index in [1.54, 1.807) is 0 Å². The number of halogens is 3. The molecule has 0 aliphatic heterocycles. The predicted octanol–water partition coefficient (Wildman–Crippen LogP) is 2.31. The topological polar surface area (TPSA) is 17.1 Å². The van der Waals surface area contributed by atoms with Gasteiger partial charge in [-0.1, -0.05) is 0 Å². The summed E-state index contributed by atoms with van der Waals surface area (Å²) in [7, 11) is 0. The van der Waals surface area contributed by atoms with Crippen molar-refractivity contribution >= 4 is 5.78 Å². The van der Waals surface area contributed by atoms with Crippen molar-refractivity contribution < 1.29 is 18.0 Å². The van der Waals surface area contributed by atoms with E-state index in [1.165, 1.54) is 0 Å². The van der Waals surface area contributed by atoms with Gasteiger partial charge < -0.3 is 0 Å². The maximum atomic E-state index is 12.7. The van der Waals surface area contributed by atoms with Gasteiger partial charge in [0.2, 0.25) is 0 Å². The van der Waals surface area contributed by atoms with Crippen LogP contribution in [0.5, 0.6) is 0 Å². The molecule has 0 saturated heterocycles. The van der Waals surface area contributed by atoms with Gasteiger partial charge in [-0.25, -0.2) is 13.2 Å². The Morgan fingerprint density at radius 1 is 1.17 bits per heavy atom. The van der Waals surface area contributed by atoms with Gasteiger partial charge >= 0.3 is 0 Å². The highest BCUT2D eigenvalue weighted by atomic mass is 19.2. The molecule has 0 saturated carbocycles. The first kappa shape index (κ1) is 8.77. The average Bonchev–Trinajstić information content (AvgIpc) is 2.00. The molecule has 0 fully saturated rings. The first-order valence-electron chi connectivity index (χ1n) is 3.18. The van der Waals surface area contributed by atoms with Crippen molar-refractivity contribution in [3.05, 3.63) is 35.1 Å². The number of hydrogen-bond acceptors (Lipinski definition) is 1. The second-order valence-electron chi connectivity index (χ2n) is 2.28. The largest absolute Gasteiger partial charge is 0.294 e. The maximum Gasteiger partial charge on any atom is 0.195 e. The molecule has 4 heteroatoms. The number of Topliss-reactive ketones (excluding diaryl/α,β-unsaturated/α-hetero) is 1. The maximum absolute atomic E-state index is 12.7. The Hall–Kier alpha value is -1.32. The molecule has 0 amide bonds. The van der Waals surface area contributed by atoms with E-state index in [-0.39, 0.29) is 0 Å². The standard InChI is InChI=1S/C8H5F3O/c1-4(12)5-2-3-6(9)8(11)7(5)10/h2-3H,1H3. The molecule has 0 bridgehead atoms. The van der Waals surface area contributed by atoms with Crippen LogP contribution in [-0.4, -0.2) is 5.78 Å². The third-order valence-electron chi connectivity index (χ3n) is 1.41. The normalized spacial score (nSPS) is 10.0. The zero-order chi connectivity index (χ0) is 9.30. The molecular formula is C8H5F3O. The highest BCUT2D eigenvalue weighted by molar-refractivity contribution is 5.94. The van der Waals surface area contributed by atoms with Gasteiger partial charge in [0.05, 0.1) is 5.56 Å². The van der Waals surface area contributed by atoms with E-state index in [0.717, 1.165) is 19.1 Å². The van der Waals surface area contributed by atoms with Crippen molar-refractivity contribution in [2.75, 3.05) is 0 Å². The number of carbonyl (C=O) groups excluding carboxylic acids is 1. The van der Waals surface area contributed by atoms with Crippen molar-refractivity contribution in [1.29, 1.82) is 0 Å². The van der Waals surface area contributed by atoms with Crippen LogP contribution in [0, 0.1) is 17.5 Å². The molecule has 1 nitrogen and oxygen atoms in total. The minimum Gasteiger partial charge on any atom is -0.294 e. The second-order valence-corrected chi connectivity index (χ2v) is 2.28. The van der Waals surface area contributed by atoms with Crippen LogP contribution in [0.25, 0.3) is 0 Å². The average molecular weight is 174 g/mol. The van der Waals surface area contributed by atoms with Crippen LogP contribution >= 0.6 is 0 Å². The summed E-state index contributed by atoms with van der Waals surface area (Å²) in [5.41, 5.74) is -0.436. The zero-order valence-corrected chi connectivity index (χ0v) is 6.20. The van der Waals surface area contributed by atoms with E-state index in [0.29, 0.717) is 0 Å². The summed E-state index contributed by atoms with van der Waals surface area (Å²) < 4.78 is 37.4. The van der Waals surface area contributed by atoms with Crippen LogP contribution < -0.4 is 0 Å². The molecule has 0 N–H and O–H groups in total. The van der Waals surface area contributed by atoms with Gasteiger partial charge in [-0.2, -0.15) is 0 Å². The van der Waals surface area contributed by atoms with Crippen LogP contribution in [-0.2, 0) is 0 Å². The monoisotopic (exact) mass is 174 g/mol. The molecule has 64 valence electrons. The van der Waals surface area contributed by atoms with Crippen molar-refractivity contribution in [3.8, 4) is 0 Å². The van der Waals surface area contributed by atoms with E-state index in [9.17, 15) is 18.0 Å². The first-order chi connectivity index (χ1) is 5.54. The second kappa shape index (κ2) is 2.97. The van der Waals surface area contributed by atoms with Gasteiger partial charge in [0.25, 0.3) is 0 Å². The van der Waals surface area contributed by atoms with Crippen LogP contribution in [0.1, 0.15) is 17.3 Å². The summed E-state index contributed by atoms with van der Waals surface area (Å²) in [5.74, 6) is -4.96. The van der Waals surface area contributed by atoms with E-state index in [4.69, 9.17) is 0 Å². The van der Waals surface area contributed by atoms with Crippen molar-refractivity contribution in [2.45, 2.75) is 6.92 Å². The van der Waals surface area contributed by atoms with E-state index in [1.807, 2.05) is 0 Å². The van der Waals surface area contributed by atoms with Crippen LogP contribution in [0.15, 0.2) is 12.1 Å². The molecule has 0 aromatic heterocycles. The Kier molecular flexibility index (Phi) is 2.17. The van der Waals surface area contributed by atoms with E-state index >= 15 is 0 Å². The summed E-state index contributed by atoms with van der Waals surface area (Å²) in [6.45, 7) is 1.08. The molecule has 1 aromatic carbocycles. The Labute approximate surface area is 66.8 Å². The molecule has 0 aliphatic rings. The Bertz CT molecular complexity index is 333. The highest BCUT2D eigenvalue weighted by Crippen LogP contribution is 2.15. The molecule has 12 heavy (non-hydrogen) atoms. The van der Waals surface area contributed by atoms with Crippen molar-refractivity contribution in [3.63, 3.8) is 0 Å². The molecule has 1 aromatic rings. The fourth-order valence-corrected chi connectivity index (χ4v) is 0.798. The molecular weight excluding hydrogens is 169 g/mol. The fourth-order valence-electron chi connectivity index (χ4n) is 0.798. The molecule has 0 spiro atoms. The van der Waals surface area contributed by atoms with Crippen LogP contribution in [0.3, 0.4) is 0 Å². The molecule has 0 aliphatic carbocycles. The molecule has 0 heterocycles. The van der Waals surface area contributed by atoms with Crippen LogP contribution in [0.4, 0.5) is 13.2 Å². The lowest BCUT2D eigenvalue weighted by atomic mass is 10.1. The summed E-state index contributed by atoms with van der Waals surface area (Å²) in [5, 5.41) is 0. The summed E-state index contributed by atoms with van der Waals surface area (Å²) in [6, 6.07) is 1.63. The lowest BCUT2D eigenvalue weighted by molar-refractivity contribution is 0.101. The van der Waals surface area contributed by atoms with Gasteiger partial charge in [0.1, 0.15) is 0 Å². The summed E-state index contributed by atoms with van der Waals surface area (Å²) in [4.78, 5) is 10.6. The molecule has 0 atom stereocenters. The number of ketones is 1. The molecule has 0 unspecified atom stereocenters. The molecule has 1 rings (SSSR count). The van der Waals surface area contributed by atoms with E-state index < -0.39 is 28.8 Å². The van der Waals surface area contributed by atoms with Gasteiger partial charge in [0, 0.05) is 0 Å². The molecule has 0 radical (unpaired) electrons. The predicted molar refractivity (Wildman–Crippen MR) is 36.3 cm³/mol. The summed E-state index contributed by atoms with van der Waals surface area (Å²) in [6.07, 6.45) is 0. The number of benzene rings is 1. The minimum absolute atomic E-state index is 0.436. The fraction of sp³-hybridized carbons (Fsp3) is 0.125. The number of carbonyl (C=O) groups is 1. The van der Waals surface area contributed by atoms with Crippen molar-refractivity contribution in [1.82, 2.24) is 0 Å². The van der Waals surface area contributed by atoms with Crippen LogP contribution in [0.2, 0.25) is 0 Å². The Morgan fingerprint density at radius 3 is 2.25 bits per heavy atom. The van der Waals surface area contributed by atoms with Crippen molar-refractivity contribution in [2.24, 2.45) is 0 Å². The lowest BCUT2D eigenvalue weighted by Gasteiger charge is -1.99. The SMILES string of the molecule is CC(=O)c1ccc(F)c(F)c1F. The Balaban J connectivity index is 3.36. The Morgan fingerprint density at radius 2 is 1.75 bits per heavy atom. The number of hydrogen-bond donors (Lipinski definition) is 0. The lowest BCUT2D eigenvalue weighted by Crippen LogP contribution is -2.01. The van der Waals surface area contributed by atoms with Gasteiger partial charge in [-0.3, -0.25) is 4.79 Å². The quantitative estimate of drug-likeness (QED) is 0.471. The zero-order valence-electron chi connectivity index (χ0n) is 6.20. The van der Waals surface area contributed by atoms with Gasteiger partial charge in [-0.05, 0) is 19.1 Å². The third kappa shape index (κ3) is 1.32. The van der Waals surface area contributed by atoms with E-state index in [2.05, 4.69) is 0 Å². The minimum atomic E-state index is -1.61. The van der Waals surface area contributed by atoms with Gasteiger partial charge in [0.15, 0.2) is 23.2 Å². The summed E-state index contributed by atoms with van der Waals surface area (Å²) >= 11 is 0. The third-order valence-corrected chi connectivity index (χ3v) is 1.41.